The summed E-state index contributed by atoms with van der Waals surface area (Å²) in [5.74, 6) is 4.73. The lowest BCUT2D eigenvalue weighted by molar-refractivity contribution is -0.143. The third-order valence-corrected chi connectivity index (χ3v) is 11.1. The molecule has 0 aliphatic heterocycles. The van der Waals surface area contributed by atoms with Gasteiger partial charge in [-0.05, 0) is 100 Å². The van der Waals surface area contributed by atoms with E-state index in [-0.39, 0.29) is 11.9 Å². The Kier molecular flexibility index (Phi) is 32.9. The van der Waals surface area contributed by atoms with Crippen LogP contribution in [0.5, 0.6) is 0 Å². The van der Waals surface area contributed by atoms with E-state index in [0.717, 1.165) is 74.0 Å². The summed E-state index contributed by atoms with van der Waals surface area (Å²) >= 11 is 0. The average Bonchev–Trinajstić information content (AvgIpc) is 3.06. The maximum absolute atomic E-state index is 12.2. The van der Waals surface area contributed by atoms with Gasteiger partial charge in [0.25, 0.3) is 0 Å². The van der Waals surface area contributed by atoms with Crippen molar-refractivity contribution in [2.45, 2.75) is 223 Å². The first kappa shape index (κ1) is 50.4. The first-order valence-electron chi connectivity index (χ1n) is 22.4. The van der Waals surface area contributed by atoms with Crippen molar-refractivity contribution in [1.82, 2.24) is 0 Å². The number of carbonyl (C=O) groups excluding carboxylic acids is 2. The van der Waals surface area contributed by atoms with Crippen LogP contribution in [0.3, 0.4) is 0 Å². The standard InChI is InChI=1S/C48H90O4/c1-39(2)21-15-23-41(5)25-17-27-43(7)29-19-31-45(9)35-37-51-47(49)33-13-11-12-14-34-48(50)52-38-36-46(10)32-20-30-44(8)28-18-26-42(6)24-16-22-40(3)4/h35-36,39-44H,11-34,37-38H2,1-10H3. The van der Waals surface area contributed by atoms with Crippen molar-refractivity contribution >= 4 is 11.9 Å². The molecular weight excluding hydrogens is 641 g/mol. The zero-order valence-electron chi connectivity index (χ0n) is 36.6. The third kappa shape index (κ3) is 35.4. The van der Waals surface area contributed by atoms with E-state index in [1.54, 1.807) is 0 Å². The van der Waals surface area contributed by atoms with Gasteiger partial charge in [-0.25, -0.2) is 0 Å². The van der Waals surface area contributed by atoms with Crippen molar-refractivity contribution in [3.63, 3.8) is 0 Å². The number of hydrogen-bond acceptors (Lipinski definition) is 4. The van der Waals surface area contributed by atoms with Gasteiger partial charge in [0.1, 0.15) is 13.2 Å². The number of esters is 2. The zero-order valence-corrected chi connectivity index (χ0v) is 36.6. The van der Waals surface area contributed by atoms with Crippen LogP contribution in [-0.2, 0) is 19.1 Å². The molecule has 0 N–H and O–H groups in total. The van der Waals surface area contributed by atoms with Gasteiger partial charge in [0.15, 0.2) is 0 Å². The Balaban J connectivity index is 3.77. The van der Waals surface area contributed by atoms with Crippen LogP contribution in [0.15, 0.2) is 23.3 Å². The van der Waals surface area contributed by atoms with Crippen LogP contribution in [0, 0.1) is 35.5 Å². The quantitative estimate of drug-likeness (QED) is 0.0370. The Labute approximate surface area is 325 Å². The maximum Gasteiger partial charge on any atom is 0.306 e. The molecule has 0 aromatic heterocycles. The highest BCUT2D eigenvalue weighted by Gasteiger charge is 2.09. The molecule has 4 atom stereocenters. The van der Waals surface area contributed by atoms with Crippen LogP contribution < -0.4 is 0 Å². The minimum Gasteiger partial charge on any atom is -0.461 e. The van der Waals surface area contributed by atoms with Crippen molar-refractivity contribution in [2.75, 3.05) is 13.2 Å². The van der Waals surface area contributed by atoms with Gasteiger partial charge in [-0.3, -0.25) is 9.59 Å². The molecule has 0 radical (unpaired) electrons. The Morgan fingerprint density at radius 1 is 0.385 bits per heavy atom. The molecule has 0 aliphatic carbocycles. The smallest absolute Gasteiger partial charge is 0.306 e. The SMILES string of the molecule is CC(=CCOC(=O)CCCCCCC(=O)OCC=C(C)CCCC(C)CCCC(C)CCCC(C)C)CCCC(C)CCCC(C)CCCC(C)C. The van der Waals surface area contributed by atoms with Crippen molar-refractivity contribution < 1.29 is 19.1 Å². The molecule has 0 aromatic carbocycles. The predicted molar refractivity (Wildman–Crippen MR) is 227 cm³/mol. The Hall–Kier alpha value is -1.58. The molecule has 0 bridgehead atoms. The fraction of sp³-hybridized carbons (Fsp3) is 0.875. The summed E-state index contributed by atoms with van der Waals surface area (Å²) in [5.41, 5.74) is 2.64. The molecule has 4 nitrogen and oxygen atoms in total. The van der Waals surface area contributed by atoms with E-state index >= 15 is 0 Å². The maximum atomic E-state index is 12.2. The zero-order chi connectivity index (χ0) is 39.0. The molecule has 52 heavy (non-hydrogen) atoms. The summed E-state index contributed by atoms with van der Waals surface area (Å²) in [6.07, 6.45) is 32.1. The van der Waals surface area contributed by atoms with Crippen LogP contribution in [0.1, 0.15) is 223 Å². The Bertz CT molecular complexity index is 841. The monoisotopic (exact) mass is 731 g/mol. The van der Waals surface area contributed by atoms with Gasteiger partial charge in [0.2, 0.25) is 0 Å². The molecule has 0 rings (SSSR count). The van der Waals surface area contributed by atoms with Gasteiger partial charge < -0.3 is 9.47 Å². The molecule has 0 fully saturated rings. The number of carbonyl (C=O) groups is 2. The molecule has 0 amide bonds. The predicted octanol–water partition coefficient (Wildman–Crippen LogP) is 15.2. The summed E-state index contributed by atoms with van der Waals surface area (Å²) < 4.78 is 10.9. The summed E-state index contributed by atoms with van der Waals surface area (Å²) in [5, 5.41) is 0. The van der Waals surface area contributed by atoms with E-state index in [9.17, 15) is 9.59 Å². The summed E-state index contributed by atoms with van der Waals surface area (Å²) in [4.78, 5) is 24.3. The van der Waals surface area contributed by atoms with Crippen molar-refractivity contribution in [2.24, 2.45) is 35.5 Å². The normalized spacial score (nSPS) is 14.8. The highest BCUT2D eigenvalue weighted by atomic mass is 16.5. The molecule has 4 unspecified atom stereocenters. The van der Waals surface area contributed by atoms with E-state index in [4.69, 9.17) is 9.47 Å². The molecular formula is C48H90O4. The number of unbranched alkanes of at least 4 members (excludes halogenated alkanes) is 3. The molecule has 306 valence electrons. The van der Waals surface area contributed by atoms with Crippen molar-refractivity contribution in [3.05, 3.63) is 23.3 Å². The van der Waals surface area contributed by atoms with Gasteiger partial charge in [-0.15, -0.1) is 0 Å². The summed E-state index contributed by atoms with van der Waals surface area (Å²) in [6.45, 7) is 24.0. The number of allylic oxidation sites excluding steroid dienone is 2. The highest BCUT2D eigenvalue weighted by Crippen LogP contribution is 2.23. The molecule has 0 aromatic rings. The summed E-state index contributed by atoms with van der Waals surface area (Å²) in [6, 6.07) is 0. The van der Waals surface area contributed by atoms with Crippen LogP contribution in [-0.4, -0.2) is 25.2 Å². The first-order valence-corrected chi connectivity index (χ1v) is 22.4. The molecule has 0 saturated carbocycles. The van der Waals surface area contributed by atoms with Gasteiger partial charge in [-0.2, -0.15) is 0 Å². The Morgan fingerprint density at radius 3 is 0.981 bits per heavy atom. The van der Waals surface area contributed by atoms with Crippen LogP contribution >= 0.6 is 0 Å². The molecule has 0 heterocycles. The van der Waals surface area contributed by atoms with Crippen LogP contribution in [0.2, 0.25) is 0 Å². The lowest BCUT2D eigenvalue weighted by Crippen LogP contribution is -2.05. The van der Waals surface area contributed by atoms with Gasteiger partial charge >= 0.3 is 11.9 Å². The van der Waals surface area contributed by atoms with E-state index in [2.05, 4.69) is 81.4 Å². The van der Waals surface area contributed by atoms with Gasteiger partial charge in [0.05, 0.1) is 0 Å². The topological polar surface area (TPSA) is 52.6 Å². The van der Waals surface area contributed by atoms with E-state index in [1.807, 2.05) is 0 Å². The molecule has 4 heteroatoms. The van der Waals surface area contributed by atoms with Gasteiger partial charge in [0, 0.05) is 12.8 Å². The fourth-order valence-corrected chi connectivity index (χ4v) is 7.21. The second-order valence-electron chi connectivity index (χ2n) is 18.1. The molecule has 0 spiro atoms. The number of rotatable bonds is 35. The minimum atomic E-state index is -0.121. The first-order chi connectivity index (χ1) is 24.8. The lowest BCUT2D eigenvalue weighted by atomic mass is 9.91. The average molecular weight is 731 g/mol. The number of ether oxygens (including phenoxy) is 2. The fourth-order valence-electron chi connectivity index (χ4n) is 7.21. The van der Waals surface area contributed by atoms with E-state index < -0.39 is 0 Å². The second kappa shape index (κ2) is 33.9. The second-order valence-corrected chi connectivity index (χ2v) is 18.1. The van der Waals surface area contributed by atoms with Crippen molar-refractivity contribution in [3.8, 4) is 0 Å². The summed E-state index contributed by atoms with van der Waals surface area (Å²) in [7, 11) is 0. The van der Waals surface area contributed by atoms with Crippen molar-refractivity contribution in [1.29, 1.82) is 0 Å². The number of hydrogen-bond donors (Lipinski definition) is 0. The third-order valence-electron chi connectivity index (χ3n) is 11.1. The Morgan fingerprint density at radius 2 is 0.673 bits per heavy atom. The largest absolute Gasteiger partial charge is 0.461 e. The lowest BCUT2D eigenvalue weighted by Gasteiger charge is -2.15. The molecule has 0 saturated heterocycles. The highest BCUT2D eigenvalue weighted by molar-refractivity contribution is 5.69. The van der Waals surface area contributed by atoms with Crippen LogP contribution in [0.25, 0.3) is 0 Å². The van der Waals surface area contributed by atoms with Crippen LogP contribution in [0.4, 0.5) is 0 Å². The van der Waals surface area contributed by atoms with Gasteiger partial charge in [-0.1, -0.05) is 169 Å². The van der Waals surface area contributed by atoms with E-state index in [1.165, 1.54) is 114 Å². The molecule has 0 aliphatic rings. The van der Waals surface area contributed by atoms with E-state index in [0.29, 0.717) is 26.1 Å². The minimum absolute atomic E-state index is 0.121.